The summed E-state index contributed by atoms with van der Waals surface area (Å²) >= 11 is 0. The molecule has 1 aromatic carbocycles. The van der Waals surface area contributed by atoms with Crippen LogP contribution in [0.25, 0.3) is 0 Å². The molecule has 9 nitrogen and oxygen atoms in total. The second-order valence-electron chi connectivity index (χ2n) is 6.68. The summed E-state index contributed by atoms with van der Waals surface area (Å²) in [6.45, 7) is 1.27. The van der Waals surface area contributed by atoms with Crippen LogP contribution in [0.4, 0.5) is 0 Å². The SMILES string of the molecule is O=C(O)c1c(OC2CN(C(=O)CC3=CCN=N3)C2)ccc2c1OB(O)CC2. The van der Waals surface area contributed by atoms with Crippen LogP contribution in [0, 0.1) is 0 Å². The molecule has 0 bridgehead atoms. The van der Waals surface area contributed by atoms with Crippen molar-refractivity contribution in [1.29, 1.82) is 0 Å². The number of carbonyl (C=O) groups excluding carboxylic acids is 1. The van der Waals surface area contributed by atoms with Crippen LogP contribution in [0.1, 0.15) is 22.3 Å². The first kappa shape index (κ1) is 17.5. The monoisotopic (exact) mass is 371 g/mol. The van der Waals surface area contributed by atoms with Gasteiger partial charge in [-0.3, -0.25) is 4.79 Å². The maximum Gasteiger partial charge on any atom is 0.522 e. The normalized spacial score (nSPS) is 18.5. The van der Waals surface area contributed by atoms with Crippen LogP contribution >= 0.6 is 0 Å². The smallest absolute Gasteiger partial charge is 0.522 e. The van der Waals surface area contributed by atoms with Crippen LogP contribution in [-0.2, 0) is 11.2 Å². The minimum atomic E-state index is -1.18. The van der Waals surface area contributed by atoms with E-state index in [1.54, 1.807) is 17.0 Å². The van der Waals surface area contributed by atoms with E-state index in [0.29, 0.717) is 38.1 Å². The third-order valence-corrected chi connectivity index (χ3v) is 4.76. The second kappa shape index (κ2) is 7.03. The van der Waals surface area contributed by atoms with Gasteiger partial charge in [-0.2, -0.15) is 10.2 Å². The molecule has 0 spiro atoms. The lowest BCUT2D eigenvalue weighted by Gasteiger charge is -2.39. The molecule has 3 heterocycles. The lowest BCUT2D eigenvalue weighted by atomic mass is 9.78. The number of aryl methyl sites for hydroxylation is 1. The summed E-state index contributed by atoms with van der Waals surface area (Å²) in [4.78, 5) is 25.5. The maximum atomic E-state index is 12.2. The number of carboxylic acid groups (broad SMARTS) is 1. The number of aromatic carboxylic acids is 1. The summed E-state index contributed by atoms with van der Waals surface area (Å²) in [5.41, 5.74) is 1.31. The van der Waals surface area contributed by atoms with Gasteiger partial charge in [0.2, 0.25) is 5.91 Å². The molecule has 1 saturated heterocycles. The van der Waals surface area contributed by atoms with Crippen molar-refractivity contribution in [3.05, 3.63) is 35.0 Å². The van der Waals surface area contributed by atoms with Crippen LogP contribution in [-0.4, -0.2) is 59.8 Å². The molecule has 10 heteroatoms. The number of fused-ring (bicyclic) bond motifs is 1. The highest BCUT2D eigenvalue weighted by molar-refractivity contribution is 6.44. The zero-order chi connectivity index (χ0) is 19.0. The quantitative estimate of drug-likeness (QED) is 0.749. The van der Waals surface area contributed by atoms with Gasteiger partial charge in [-0.05, 0) is 30.4 Å². The Bertz CT molecular complexity index is 849. The van der Waals surface area contributed by atoms with E-state index < -0.39 is 13.1 Å². The number of carboxylic acids is 1. The third-order valence-electron chi connectivity index (χ3n) is 4.76. The van der Waals surface area contributed by atoms with E-state index in [-0.39, 0.29) is 35.5 Å². The molecule has 0 radical (unpaired) electrons. The van der Waals surface area contributed by atoms with E-state index in [1.165, 1.54) is 0 Å². The van der Waals surface area contributed by atoms with Crippen molar-refractivity contribution >= 4 is 19.0 Å². The van der Waals surface area contributed by atoms with Crippen LogP contribution < -0.4 is 9.39 Å². The topological polar surface area (TPSA) is 121 Å². The summed E-state index contributed by atoms with van der Waals surface area (Å²) in [6, 6.07) is 3.36. The van der Waals surface area contributed by atoms with Gasteiger partial charge in [-0.25, -0.2) is 4.79 Å². The average Bonchev–Trinajstić information content (AvgIpc) is 3.09. The maximum absolute atomic E-state index is 12.2. The van der Waals surface area contributed by atoms with E-state index in [9.17, 15) is 19.7 Å². The Morgan fingerprint density at radius 2 is 2.19 bits per heavy atom. The molecule has 0 saturated carbocycles. The number of nitrogens with zero attached hydrogens (tertiary/aromatic N) is 3. The number of likely N-dealkylation sites (tertiary alicyclic amines) is 1. The van der Waals surface area contributed by atoms with Crippen molar-refractivity contribution in [2.24, 2.45) is 10.2 Å². The molecule has 2 N–H and O–H groups in total. The number of azo groups is 1. The zero-order valence-corrected chi connectivity index (χ0v) is 14.5. The van der Waals surface area contributed by atoms with Crippen molar-refractivity contribution < 1.29 is 29.1 Å². The fourth-order valence-electron chi connectivity index (χ4n) is 3.30. The number of carbonyl (C=O) groups is 2. The average molecular weight is 371 g/mol. The highest BCUT2D eigenvalue weighted by Gasteiger charge is 2.35. The van der Waals surface area contributed by atoms with E-state index in [0.717, 1.165) is 5.56 Å². The molecule has 1 amide bonds. The third kappa shape index (κ3) is 3.52. The highest BCUT2D eigenvalue weighted by Crippen LogP contribution is 2.37. The van der Waals surface area contributed by atoms with Crippen LogP contribution in [0.2, 0.25) is 6.32 Å². The van der Waals surface area contributed by atoms with Crippen LogP contribution in [0.3, 0.4) is 0 Å². The minimum Gasteiger partial charge on any atom is -0.535 e. The number of hydrogen-bond donors (Lipinski definition) is 2. The van der Waals surface area contributed by atoms with Gasteiger partial charge in [0, 0.05) is 0 Å². The summed E-state index contributed by atoms with van der Waals surface area (Å²) < 4.78 is 11.1. The van der Waals surface area contributed by atoms with Gasteiger partial charge in [0.25, 0.3) is 0 Å². The Morgan fingerprint density at radius 1 is 1.37 bits per heavy atom. The van der Waals surface area contributed by atoms with Gasteiger partial charge in [-0.15, -0.1) is 0 Å². The van der Waals surface area contributed by atoms with Crippen molar-refractivity contribution in [3.63, 3.8) is 0 Å². The van der Waals surface area contributed by atoms with Crippen molar-refractivity contribution in [2.45, 2.75) is 25.3 Å². The van der Waals surface area contributed by atoms with E-state index in [4.69, 9.17) is 9.39 Å². The molecule has 3 aliphatic heterocycles. The molecule has 0 unspecified atom stereocenters. The van der Waals surface area contributed by atoms with E-state index >= 15 is 0 Å². The number of amides is 1. The molecule has 1 aromatic rings. The van der Waals surface area contributed by atoms with Gasteiger partial charge in [0.1, 0.15) is 23.2 Å². The molecule has 140 valence electrons. The van der Waals surface area contributed by atoms with Gasteiger partial charge in [-0.1, -0.05) is 6.07 Å². The first-order valence-electron chi connectivity index (χ1n) is 8.76. The largest absolute Gasteiger partial charge is 0.535 e. The predicted molar refractivity (Wildman–Crippen MR) is 93.9 cm³/mol. The molecule has 0 aromatic heterocycles. The van der Waals surface area contributed by atoms with Crippen molar-refractivity contribution in [2.75, 3.05) is 19.6 Å². The Labute approximate surface area is 155 Å². The highest BCUT2D eigenvalue weighted by atomic mass is 16.5. The molecule has 1 fully saturated rings. The summed E-state index contributed by atoms with van der Waals surface area (Å²) in [7, 11) is -1.02. The zero-order valence-electron chi connectivity index (χ0n) is 14.5. The number of rotatable bonds is 5. The van der Waals surface area contributed by atoms with Crippen molar-refractivity contribution in [1.82, 2.24) is 4.90 Å². The minimum absolute atomic E-state index is 0.0581. The molecule has 0 aliphatic carbocycles. The van der Waals surface area contributed by atoms with Gasteiger partial charge < -0.3 is 24.4 Å². The molecular formula is C17H18BN3O6. The van der Waals surface area contributed by atoms with Crippen LogP contribution in [0.5, 0.6) is 11.5 Å². The summed E-state index contributed by atoms with van der Waals surface area (Å²) in [5.74, 6) is -0.900. The van der Waals surface area contributed by atoms with E-state index in [1.807, 2.05) is 6.08 Å². The Morgan fingerprint density at radius 3 is 2.89 bits per heavy atom. The molecular weight excluding hydrogens is 353 g/mol. The number of ether oxygens (including phenoxy) is 1. The molecule has 27 heavy (non-hydrogen) atoms. The first-order valence-corrected chi connectivity index (χ1v) is 8.76. The number of benzene rings is 1. The fraction of sp³-hybridized carbons (Fsp3) is 0.412. The summed E-state index contributed by atoms with van der Waals surface area (Å²) in [6.07, 6.45) is 2.68. The Kier molecular flexibility index (Phi) is 4.57. The first-order chi connectivity index (χ1) is 13.0. The summed E-state index contributed by atoms with van der Waals surface area (Å²) in [5, 5.41) is 27.0. The lowest BCUT2D eigenvalue weighted by molar-refractivity contribution is -0.139. The Hall–Kier alpha value is -2.88. The van der Waals surface area contributed by atoms with Crippen LogP contribution in [0.15, 0.2) is 34.1 Å². The lowest BCUT2D eigenvalue weighted by Crippen LogP contribution is -2.56. The van der Waals surface area contributed by atoms with Crippen molar-refractivity contribution in [3.8, 4) is 11.5 Å². The van der Waals surface area contributed by atoms with Gasteiger partial charge in [0.05, 0.1) is 31.8 Å². The standard InChI is InChI=1S/C17H18BN3O6/c22-14(7-11-4-6-19-20-11)21-8-12(9-21)26-13-2-1-10-3-5-18(25)27-16(10)15(13)17(23)24/h1-2,4,12,25H,3,5-9H2,(H,23,24). The fourth-order valence-corrected chi connectivity index (χ4v) is 3.30. The van der Waals surface area contributed by atoms with Gasteiger partial charge in [0.15, 0.2) is 0 Å². The second-order valence-corrected chi connectivity index (χ2v) is 6.68. The Balaban J connectivity index is 1.42. The molecule has 3 aliphatic rings. The van der Waals surface area contributed by atoms with Gasteiger partial charge >= 0.3 is 13.1 Å². The van der Waals surface area contributed by atoms with E-state index in [2.05, 4.69) is 10.2 Å². The number of hydrogen-bond acceptors (Lipinski definition) is 7. The molecule has 4 rings (SSSR count). The molecule has 0 atom stereocenters. The predicted octanol–water partition coefficient (Wildman–Crippen LogP) is 1.13.